The van der Waals surface area contributed by atoms with E-state index >= 15 is 0 Å². The molecule has 0 aromatic heterocycles. The molecule has 0 radical (unpaired) electrons. The Morgan fingerprint density at radius 1 is 1.20 bits per heavy atom. The van der Waals surface area contributed by atoms with Crippen LogP contribution in [0.1, 0.15) is 47.5 Å². The van der Waals surface area contributed by atoms with Crippen LogP contribution in [0.15, 0.2) is 25.3 Å². The monoisotopic (exact) mass is 299 g/mol. The van der Waals surface area contributed by atoms with Gasteiger partial charge in [-0.2, -0.15) is 4.31 Å². The van der Waals surface area contributed by atoms with Gasteiger partial charge in [0.05, 0.1) is 4.75 Å². The first-order chi connectivity index (χ1) is 9.04. The predicted octanol–water partition coefficient (Wildman–Crippen LogP) is 3.59. The molecule has 0 saturated carbocycles. The molecule has 0 bridgehead atoms. The van der Waals surface area contributed by atoms with Gasteiger partial charge in [0.1, 0.15) is 0 Å². The normalized spacial score (nSPS) is 23.7. The number of allylic oxidation sites excluding steroid dienone is 2. The number of hydrogen-bond donors (Lipinski definition) is 0. The van der Waals surface area contributed by atoms with Crippen LogP contribution in [-0.2, 0) is 10.0 Å². The number of hydrogen-bond acceptors (Lipinski definition) is 2. The second kappa shape index (κ2) is 5.64. The molecule has 4 heteroatoms. The molecule has 0 aromatic rings. The fourth-order valence-electron chi connectivity index (χ4n) is 2.96. The summed E-state index contributed by atoms with van der Waals surface area (Å²) >= 11 is 0. The molecule has 0 spiro atoms. The van der Waals surface area contributed by atoms with E-state index in [4.69, 9.17) is 0 Å². The summed E-state index contributed by atoms with van der Waals surface area (Å²) in [7, 11) is -3.24. The standard InChI is InChI=1S/C16H29NO2S/c1-8-10-16(11-9-2,13(3)4)14-12-17(14)20(18,19)15(5,6)7/h8-9,13-14H,1-2,10-12H2,3-7H3. The number of rotatable bonds is 7. The third-order valence-electron chi connectivity index (χ3n) is 4.51. The molecule has 0 amide bonds. The molecule has 1 rings (SSSR count). The fraction of sp³-hybridized carbons (Fsp3) is 0.750. The molecular weight excluding hydrogens is 270 g/mol. The van der Waals surface area contributed by atoms with E-state index in [0.717, 1.165) is 12.8 Å². The van der Waals surface area contributed by atoms with Crippen molar-refractivity contribution in [1.29, 1.82) is 0 Å². The van der Waals surface area contributed by atoms with Crippen molar-refractivity contribution in [1.82, 2.24) is 4.31 Å². The zero-order valence-electron chi connectivity index (χ0n) is 13.5. The van der Waals surface area contributed by atoms with Crippen molar-refractivity contribution in [2.45, 2.75) is 58.2 Å². The molecule has 2 unspecified atom stereocenters. The molecule has 1 heterocycles. The third kappa shape index (κ3) is 2.86. The van der Waals surface area contributed by atoms with Gasteiger partial charge in [0, 0.05) is 12.6 Å². The predicted molar refractivity (Wildman–Crippen MR) is 86.1 cm³/mol. The highest BCUT2D eigenvalue weighted by molar-refractivity contribution is 7.90. The van der Waals surface area contributed by atoms with E-state index in [1.807, 2.05) is 12.2 Å². The van der Waals surface area contributed by atoms with Crippen molar-refractivity contribution in [3.05, 3.63) is 25.3 Å². The van der Waals surface area contributed by atoms with E-state index in [2.05, 4.69) is 27.0 Å². The average molecular weight is 299 g/mol. The molecule has 0 aliphatic carbocycles. The quantitative estimate of drug-likeness (QED) is 0.532. The molecule has 3 nitrogen and oxygen atoms in total. The minimum atomic E-state index is -3.24. The van der Waals surface area contributed by atoms with Gasteiger partial charge in [-0.3, -0.25) is 0 Å². The Morgan fingerprint density at radius 3 is 1.95 bits per heavy atom. The Bertz CT molecular complexity index is 461. The summed E-state index contributed by atoms with van der Waals surface area (Å²) in [5.74, 6) is 0.378. The zero-order chi connectivity index (χ0) is 15.8. The molecule has 2 atom stereocenters. The molecule has 1 saturated heterocycles. The van der Waals surface area contributed by atoms with Crippen LogP contribution in [0.4, 0.5) is 0 Å². The van der Waals surface area contributed by atoms with Crippen molar-refractivity contribution >= 4 is 10.0 Å². The van der Waals surface area contributed by atoms with Gasteiger partial charge in [0.25, 0.3) is 0 Å². The van der Waals surface area contributed by atoms with Crippen LogP contribution >= 0.6 is 0 Å². The average Bonchev–Trinajstić information content (AvgIpc) is 3.07. The Kier molecular flexibility index (Phi) is 4.92. The molecule has 0 aromatic carbocycles. The van der Waals surface area contributed by atoms with Gasteiger partial charge in [-0.25, -0.2) is 8.42 Å². The SMILES string of the molecule is C=CCC(CC=C)(C(C)C)C1CN1S(=O)(=O)C(C)(C)C. The van der Waals surface area contributed by atoms with Gasteiger partial charge < -0.3 is 0 Å². The minimum absolute atomic E-state index is 0.0720. The highest BCUT2D eigenvalue weighted by Crippen LogP contribution is 2.50. The van der Waals surface area contributed by atoms with E-state index < -0.39 is 14.8 Å². The van der Waals surface area contributed by atoms with E-state index in [-0.39, 0.29) is 11.5 Å². The lowest BCUT2D eigenvalue weighted by Gasteiger charge is -2.37. The Balaban J connectivity index is 3.10. The lowest BCUT2D eigenvalue weighted by Crippen LogP contribution is -2.40. The van der Waals surface area contributed by atoms with E-state index in [1.54, 1.807) is 25.1 Å². The van der Waals surface area contributed by atoms with Gasteiger partial charge in [0.2, 0.25) is 10.0 Å². The minimum Gasteiger partial charge on any atom is -0.212 e. The summed E-state index contributed by atoms with van der Waals surface area (Å²) in [5.41, 5.74) is -0.0815. The van der Waals surface area contributed by atoms with Crippen LogP contribution < -0.4 is 0 Å². The molecule has 0 N–H and O–H groups in total. The maximum atomic E-state index is 12.6. The molecule has 116 valence electrons. The summed E-state index contributed by atoms with van der Waals surface area (Å²) in [4.78, 5) is 0. The van der Waals surface area contributed by atoms with Crippen molar-refractivity contribution in [3.8, 4) is 0 Å². The Labute approximate surface area is 124 Å². The van der Waals surface area contributed by atoms with Crippen LogP contribution in [0.25, 0.3) is 0 Å². The highest BCUT2D eigenvalue weighted by Gasteiger charge is 2.58. The molecule has 1 aliphatic heterocycles. The summed E-state index contributed by atoms with van der Waals surface area (Å²) in [6.45, 7) is 17.9. The topological polar surface area (TPSA) is 37.1 Å². The van der Waals surface area contributed by atoms with E-state index in [1.165, 1.54) is 0 Å². The Hall–Kier alpha value is -0.610. The van der Waals surface area contributed by atoms with Crippen molar-refractivity contribution < 1.29 is 8.42 Å². The zero-order valence-corrected chi connectivity index (χ0v) is 14.3. The molecule has 1 fully saturated rings. The maximum Gasteiger partial charge on any atom is 0.219 e. The van der Waals surface area contributed by atoms with Gasteiger partial charge in [-0.15, -0.1) is 13.2 Å². The first-order valence-corrected chi connectivity index (χ1v) is 8.71. The second-order valence-corrected chi connectivity index (χ2v) is 9.72. The molecule has 20 heavy (non-hydrogen) atoms. The van der Waals surface area contributed by atoms with Crippen molar-refractivity contribution in [2.24, 2.45) is 11.3 Å². The van der Waals surface area contributed by atoms with Crippen LogP contribution in [-0.4, -0.2) is 30.1 Å². The summed E-state index contributed by atoms with van der Waals surface area (Å²) in [6, 6.07) is 0.0720. The summed E-state index contributed by atoms with van der Waals surface area (Å²) in [6.07, 6.45) is 5.45. The van der Waals surface area contributed by atoms with E-state index in [0.29, 0.717) is 12.5 Å². The number of nitrogens with zero attached hydrogens (tertiary/aromatic N) is 1. The van der Waals surface area contributed by atoms with Crippen LogP contribution in [0.5, 0.6) is 0 Å². The Morgan fingerprint density at radius 2 is 1.65 bits per heavy atom. The fourth-order valence-corrected chi connectivity index (χ4v) is 4.54. The third-order valence-corrected chi connectivity index (χ3v) is 7.08. The van der Waals surface area contributed by atoms with Gasteiger partial charge in [-0.1, -0.05) is 26.0 Å². The largest absolute Gasteiger partial charge is 0.219 e. The van der Waals surface area contributed by atoms with Gasteiger partial charge in [-0.05, 0) is 44.9 Å². The van der Waals surface area contributed by atoms with E-state index in [9.17, 15) is 8.42 Å². The lowest BCUT2D eigenvalue weighted by atomic mass is 9.69. The van der Waals surface area contributed by atoms with Gasteiger partial charge in [0.15, 0.2) is 0 Å². The molecular formula is C16H29NO2S. The second-order valence-electron chi connectivity index (χ2n) is 7.08. The highest BCUT2D eigenvalue weighted by atomic mass is 32.2. The van der Waals surface area contributed by atoms with Crippen molar-refractivity contribution in [3.63, 3.8) is 0 Å². The van der Waals surface area contributed by atoms with Crippen LogP contribution in [0.3, 0.4) is 0 Å². The molecule has 1 aliphatic rings. The van der Waals surface area contributed by atoms with Gasteiger partial charge >= 0.3 is 0 Å². The lowest BCUT2D eigenvalue weighted by molar-refractivity contribution is 0.176. The first kappa shape index (κ1) is 17.4. The first-order valence-electron chi connectivity index (χ1n) is 7.27. The summed E-state index contributed by atoms with van der Waals surface area (Å²) < 4.78 is 26.1. The summed E-state index contributed by atoms with van der Waals surface area (Å²) in [5, 5.41) is 0. The van der Waals surface area contributed by atoms with Crippen molar-refractivity contribution in [2.75, 3.05) is 6.54 Å². The number of sulfonamides is 1. The van der Waals surface area contributed by atoms with Crippen LogP contribution in [0, 0.1) is 11.3 Å². The van der Waals surface area contributed by atoms with Crippen LogP contribution in [0.2, 0.25) is 0 Å². The maximum absolute atomic E-state index is 12.6. The smallest absolute Gasteiger partial charge is 0.212 e.